The van der Waals surface area contributed by atoms with Crippen molar-refractivity contribution in [3.63, 3.8) is 0 Å². The van der Waals surface area contributed by atoms with Crippen LogP contribution in [0.15, 0.2) is 36.0 Å². The van der Waals surface area contributed by atoms with Crippen molar-refractivity contribution < 1.29 is 22.0 Å². The fourth-order valence-corrected chi connectivity index (χ4v) is 8.86. The molecule has 1 atom stereocenters. The fourth-order valence-electron chi connectivity index (χ4n) is 7.75. The van der Waals surface area contributed by atoms with Crippen LogP contribution in [0.2, 0.25) is 0 Å². The van der Waals surface area contributed by atoms with E-state index in [9.17, 15) is 8.78 Å². The van der Waals surface area contributed by atoms with Crippen molar-refractivity contribution in [2.24, 2.45) is 11.8 Å². The van der Waals surface area contributed by atoms with Gasteiger partial charge in [-0.2, -0.15) is 11.8 Å². The van der Waals surface area contributed by atoms with Crippen LogP contribution in [0.5, 0.6) is 0 Å². The maximum absolute atomic E-state index is 15.9. The standard InChI is InChI=1S/C36H46F5N5S/c1-23-28(25-14-19-47-20-15-25)21-29-34-42-22-26-9-8-10-30(32(26)37)36(40,41)27-12-17-45(18-13-27)31(33(38)39)11-6-4-3-5-7-16-46(23)35(29)44-24(2)43-34/h8-10,21,25,27,31,33H,1,3-7,11-20,22H2,2H3,(H,42,43,44). The minimum atomic E-state index is -3.43. The maximum Gasteiger partial charge on any atom is 0.278 e. The van der Waals surface area contributed by atoms with E-state index in [1.165, 1.54) is 17.7 Å². The molecule has 11 heteroatoms. The van der Waals surface area contributed by atoms with E-state index in [-0.39, 0.29) is 38.0 Å². The second-order valence-electron chi connectivity index (χ2n) is 13.5. The van der Waals surface area contributed by atoms with Crippen molar-refractivity contribution in [3.05, 3.63) is 64.4 Å². The molecule has 2 saturated heterocycles. The van der Waals surface area contributed by atoms with Gasteiger partial charge in [-0.15, -0.1) is 0 Å². The second-order valence-corrected chi connectivity index (χ2v) is 14.7. The first kappa shape index (κ1) is 34.2. The summed E-state index contributed by atoms with van der Waals surface area (Å²) in [5, 5.41) is 3.28. The average Bonchev–Trinajstić information content (AvgIpc) is 3.06. The Labute approximate surface area is 279 Å². The molecule has 5 aliphatic rings. The molecule has 5 aliphatic heterocycles. The Kier molecular flexibility index (Phi) is 10.8. The lowest BCUT2D eigenvalue weighted by Gasteiger charge is -2.39. The Bertz CT molecular complexity index is 1450. The number of fused-ring (bicyclic) bond motifs is 10. The molecular weight excluding hydrogens is 629 g/mol. The summed E-state index contributed by atoms with van der Waals surface area (Å²) in [6.45, 7) is 7.34. The second kappa shape index (κ2) is 14.8. The van der Waals surface area contributed by atoms with Crippen LogP contribution in [0.3, 0.4) is 0 Å². The van der Waals surface area contributed by atoms with Crippen molar-refractivity contribution in [3.8, 4) is 0 Å². The van der Waals surface area contributed by atoms with E-state index in [4.69, 9.17) is 9.97 Å². The van der Waals surface area contributed by atoms with Gasteiger partial charge in [0, 0.05) is 30.3 Å². The number of aromatic nitrogens is 2. The van der Waals surface area contributed by atoms with Gasteiger partial charge in [0.05, 0.1) is 17.2 Å². The highest BCUT2D eigenvalue weighted by molar-refractivity contribution is 7.99. The number of thioether (sulfide) groups is 1. The molecule has 0 spiro atoms. The molecule has 256 valence electrons. The summed E-state index contributed by atoms with van der Waals surface area (Å²) in [4.78, 5) is 13.4. The van der Waals surface area contributed by atoms with Gasteiger partial charge >= 0.3 is 0 Å². The predicted molar refractivity (Wildman–Crippen MR) is 181 cm³/mol. The third-order valence-corrected chi connectivity index (χ3v) is 11.5. The zero-order valence-corrected chi connectivity index (χ0v) is 28.0. The highest BCUT2D eigenvalue weighted by atomic mass is 32.2. The van der Waals surface area contributed by atoms with Gasteiger partial charge in [-0.05, 0) is 87.6 Å². The lowest BCUT2D eigenvalue weighted by molar-refractivity contribution is -0.0975. The highest BCUT2D eigenvalue weighted by Gasteiger charge is 2.46. The van der Waals surface area contributed by atoms with Gasteiger partial charge in [0.2, 0.25) is 0 Å². The van der Waals surface area contributed by atoms with E-state index in [0.717, 1.165) is 73.2 Å². The molecule has 1 aromatic heterocycles. The number of anilines is 2. The van der Waals surface area contributed by atoms with Gasteiger partial charge in [-0.25, -0.2) is 31.9 Å². The zero-order valence-electron chi connectivity index (χ0n) is 27.2. The molecule has 2 aromatic rings. The van der Waals surface area contributed by atoms with Gasteiger partial charge in [0.25, 0.3) is 12.3 Å². The fraction of sp³-hybridized carbons (Fsp3) is 0.611. The van der Waals surface area contributed by atoms with Crippen LogP contribution < -0.4 is 10.2 Å². The Morgan fingerprint density at radius 3 is 2.43 bits per heavy atom. The third kappa shape index (κ3) is 7.36. The summed E-state index contributed by atoms with van der Waals surface area (Å²) in [6, 6.07) is 3.20. The van der Waals surface area contributed by atoms with Gasteiger partial charge < -0.3 is 10.2 Å². The van der Waals surface area contributed by atoms with Gasteiger partial charge in [0.1, 0.15) is 23.3 Å². The van der Waals surface area contributed by atoms with Crippen LogP contribution in [0.1, 0.15) is 86.7 Å². The number of hydrogen-bond acceptors (Lipinski definition) is 6. The van der Waals surface area contributed by atoms with Gasteiger partial charge in [-0.3, -0.25) is 4.90 Å². The maximum atomic E-state index is 15.9. The number of rotatable bonds is 2. The molecular formula is C36H46F5N5S. The summed E-state index contributed by atoms with van der Waals surface area (Å²) in [6.07, 6.45) is 6.40. The molecule has 47 heavy (non-hydrogen) atoms. The summed E-state index contributed by atoms with van der Waals surface area (Å²) in [7, 11) is 0. The molecule has 0 amide bonds. The normalized spacial score (nSPS) is 26.3. The Morgan fingerprint density at radius 2 is 1.68 bits per heavy atom. The lowest BCUT2D eigenvalue weighted by Crippen LogP contribution is -2.47. The number of nitrogens with zero attached hydrogens (tertiary/aromatic N) is 4. The summed E-state index contributed by atoms with van der Waals surface area (Å²) in [5.41, 5.74) is 2.40. The van der Waals surface area contributed by atoms with Crippen molar-refractivity contribution >= 4 is 29.5 Å². The quantitative estimate of drug-likeness (QED) is 0.321. The molecule has 1 N–H and O–H groups in total. The lowest BCUT2D eigenvalue weighted by atomic mass is 9.85. The average molecular weight is 676 g/mol. The monoisotopic (exact) mass is 675 g/mol. The van der Waals surface area contributed by atoms with Crippen LogP contribution in [-0.4, -0.2) is 58.5 Å². The van der Waals surface area contributed by atoms with E-state index < -0.39 is 35.7 Å². The number of benzene rings is 1. The molecule has 0 aliphatic carbocycles. The van der Waals surface area contributed by atoms with Crippen molar-refractivity contribution in [2.75, 3.05) is 41.4 Å². The van der Waals surface area contributed by atoms with Crippen molar-refractivity contribution in [2.45, 2.75) is 96.1 Å². The van der Waals surface area contributed by atoms with Crippen LogP contribution in [0, 0.1) is 24.6 Å². The number of nitrogens with one attached hydrogen (secondary N) is 1. The largest absolute Gasteiger partial charge is 0.365 e. The molecule has 7 rings (SSSR count). The molecule has 1 unspecified atom stereocenters. The Balaban J connectivity index is 1.35. The number of piperidine rings is 1. The number of allylic oxidation sites excluding steroid dienone is 1. The predicted octanol–water partition coefficient (Wildman–Crippen LogP) is 9.19. The first-order valence-corrected chi connectivity index (χ1v) is 18.4. The topological polar surface area (TPSA) is 44.3 Å². The molecule has 8 bridgehead atoms. The number of aryl methyl sites for hydroxylation is 1. The van der Waals surface area contributed by atoms with Crippen LogP contribution in [0.25, 0.3) is 6.08 Å². The number of hydrogen-bond donors (Lipinski definition) is 1. The van der Waals surface area contributed by atoms with Crippen LogP contribution in [-0.2, 0) is 12.5 Å². The Hall–Kier alpha value is -2.66. The Morgan fingerprint density at radius 1 is 0.957 bits per heavy atom. The highest BCUT2D eigenvalue weighted by Crippen LogP contribution is 2.45. The molecule has 0 radical (unpaired) electrons. The van der Waals surface area contributed by atoms with Crippen molar-refractivity contribution in [1.29, 1.82) is 0 Å². The van der Waals surface area contributed by atoms with E-state index >= 15 is 13.2 Å². The van der Waals surface area contributed by atoms with E-state index in [1.807, 2.05) is 18.7 Å². The van der Waals surface area contributed by atoms with E-state index in [2.05, 4.69) is 22.9 Å². The zero-order chi connectivity index (χ0) is 33.1. The molecule has 6 heterocycles. The summed E-state index contributed by atoms with van der Waals surface area (Å²) >= 11 is 1.96. The molecule has 2 fully saturated rings. The van der Waals surface area contributed by atoms with Crippen LogP contribution >= 0.6 is 11.8 Å². The van der Waals surface area contributed by atoms with E-state index in [1.54, 1.807) is 4.90 Å². The molecule has 0 saturated carbocycles. The van der Waals surface area contributed by atoms with Crippen LogP contribution in [0.4, 0.5) is 33.6 Å². The van der Waals surface area contributed by atoms with Gasteiger partial charge in [-0.1, -0.05) is 50.5 Å². The SMILES string of the molecule is C=C1C(C2CCSCC2)=Cc2c3nc(C)nc2N1CCCCCCCC(C(F)F)N1CCC(CC1)C(F)(F)c1cccc(c1F)CN3. The first-order chi connectivity index (χ1) is 22.6. The third-order valence-electron chi connectivity index (χ3n) is 10.5. The summed E-state index contributed by atoms with van der Waals surface area (Å²) < 4.78 is 76.1. The molecule has 5 nitrogen and oxygen atoms in total. The van der Waals surface area contributed by atoms with E-state index in [0.29, 0.717) is 36.9 Å². The summed E-state index contributed by atoms with van der Waals surface area (Å²) in [5.74, 6) is -1.12. The van der Waals surface area contributed by atoms with Gasteiger partial charge in [0.15, 0.2) is 0 Å². The number of halogens is 5. The minimum Gasteiger partial charge on any atom is -0.365 e. The van der Waals surface area contributed by atoms with Crippen molar-refractivity contribution in [1.82, 2.24) is 14.9 Å². The smallest absolute Gasteiger partial charge is 0.278 e. The minimum absolute atomic E-state index is 0.0304. The first-order valence-electron chi connectivity index (χ1n) is 17.2. The molecule has 1 aromatic carbocycles. The number of alkyl halides is 4.